The first kappa shape index (κ1) is 18.5. The summed E-state index contributed by atoms with van der Waals surface area (Å²) >= 11 is 0. The Balaban J connectivity index is 1.67. The third kappa shape index (κ3) is 4.64. The topological polar surface area (TPSA) is 74.5 Å². The van der Waals surface area contributed by atoms with E-state index in [1.165, 1.54) is 5.56 Å². The minimum Gasteiger partial charge on any atom is -0.393 e. The Hall–Kier alpha value is -2.34. The molecule has 3 atom stereocenters. The second-order valence-corrected chi connectivity index (χ2v) is 6.89. The zero-order valence-corrected chi connectivity index (χ0v) is 15.6. The van der Waals surface area contributed by atoms with Crippen molar-refractivity contribution in [1.29, 1.82) is 0 Å². The van der Waals surface area contributed by atoms with E-state index in [1.807, 2.05) is 29.1 Å². The van der Waals surface area contributed by atoms with Crippen molar-refractivity contribution in [3.63, 3.8) is 0 Å². The number of aliphatic hydroxyl groups is 1. The van der Waals surface area contributed by atoms with Gasteiger partial charge < -0.3 is 15.7 Å². The van der Waals surface area contributed by atoms with Gasteiger partial charge in [-0.25, -0.2) is 4.68 Å². The molecule has 1 heterocycles. The van der Waals surface area contributed by atoms with Gasteiger partial charge >= 0.3 is 0 Å². The number of nitrogens with one attached hydrogen (secondary N) is 2. The molecule has 0 saturated heterocycles. The van der Waals surface area contributed by atoms with E-state index in [4.69, 9.17) is 4.99 Å². The Morgan fingerprint density at radius 3 is 2.96 bits per heavy atom. The van der Waals surface area contributed by atoms with Crippen molar-refractivity contribution < 1.29 is 5.11 Å². The predicted octanol–water partition coefficient (Wildman–Crippen LogP) is 2.65. The van der Waals surface area contributed by atoms with Crippen LogP contribution in [0.1, 0.15) is 44.7 Å². The molecular weight excluding hydrogens is 326 g/mol. The Bertz CT molecular complexity index is 713. The molecule has 0 bridgehead atoms. The first-order valence-electron chi connectivity index (χ1n) is 9.50. The summed E-state index contributed by atoms with van der Waals surface area (Å²) in [5, 5.41) is 21.1. The summed E-state index contributed by atoms with van der Waals surface area (Å²) < 4.78 is 1.86. The maximum atomic E-state index is 9.99. The molecular formula is C20H29N5O. The monoisotopic (exact) mass is 355 g/mol. The average molecular weight is 355 g/mol. The normalized spacial score (nSPS) is 21.6. The molecule has 1 saturated carbocycles. The van der Waals surface area contributed by atoms with Crippen molar-refractivity contribution in [1.82, 2.24) is 20.4 Å². The second-order valence-electron chi connectivity index (χ2n) is 6.89. The van der Waals surface area contributed by atoms with Crippen LogP contribution in [0.4, 0.5) is 0 Å². The summed E-state index contributed by atoms with van der Waals surface area (Å²) in [7, 11) is 0. The maximum absolute atomic E-state index is 9.99. The lowest BCUT2D eigenvalue weighted by Gasteiger charge is -2.20. The minimum absolute atomic E-state index is 0.108. The molecule has 0 spiro atoms. The number of nitrogens with zero attached hydrogens (tertiary/aromatic N) is 3. The van der Waals surface area contributed by atoms with Crippen molar-refractivity contribution in [3.05, 3.63) is 48.3 Å². The van der Waals surface area contributed by atoms with Gasteiger partial charge in [-0.1, -0.05) is 18.6 Å². The molecule has 0 amide bonds. The standard InChI is InChI=1S/C20H29N5O/c1-3-21-20(22-14-17-8-5-10-19(17)26)24-15(2)16-7-4-9-18(13-16)25-12-6-11-23-25/h4,6-7,9,11-13,15,17,19,26H,3,5,8,10,14H2,1-2H3,(H2,21,22,24). The summed E-state index contributed by atoms with van der Waals surface area (Å²) in [4.78, 5) is 4.70. The van der Waals surface area contributed by atoms with Crippen molar-refractivity contribution >= 4 is 5.96 Å². The third-order valence-electron chi connectivity index (χ3n) is 4.94. The van der Waals surface area contributed by atoms with Gasteiger partial charge in [0.15, 0.2) is 5.96 Å². The first-order chi connectivity index (χ1) is 12.7. The van der Waals surface area contributed by atoms with Gasteiger partial charge in [0.2, 0.25) is 0 Å². The molecule has 0 radical (unpaired) electrons. The van der Waals surface area contributed by atoms with Gasteiger partial charge in [0.1, 0.15) is 0 Å². The van der Waals surface area contributed by atoms with Crippen molar-refractivity contribution in [3.8, 4) is 5.69 Å². The van der Waals surface area contributed by atoms with Crippen LogP contribution >= 0.6 is 0 Å². The van der Waals surface area contributed by atoms with Crippen LogP contribution in [0, 0.1) is 5.92 Å². The molecule has 6 heteroatoms. The van der Waals surface area contributed by atoms with E-state index < -0.39 is 0 Å². The van der Waals surface area contributed by atoms with Crippen LogP contribution in [0.15, 0.2) is 47.7 Å². The Morgan fingerprint density at radius 2 is 2.27 bits per heavy atom. The van der Waals surface area contributed by atoms with E-state index in [1.54, 1.807) is 6.20 Å². The van der Waals surface area contributed by atoms with Crippen molar-refractivity contribution in [2.24, 2.45) is 10.9 Å². The average Bonchev–Trinajstić information content (AvgIpc) is 3.32. The zero-order chi connectivity index (χ0) is 18.4. The summed E-state index contributed by atoms with van der Waals surface area (Å²) in [5.74, 6) is 1.08. The van der Waals surface area contributed by atoms with Crippen LogP contribution in [0.3, 0.4) is 0 Å². The lowest BCUT2D eigenvalue weighted by atomic mass is 10.1. The molecule has 1 aromatic heterocycles. The van der Waals surface area contributed by atoms with Crippen LogP contribution in [-0.4, -0.2) is 40.0 Å². The van der Waals surface area contributed by atoms with Crippen molar-refractivity contribution in [2.45, 2.75) is 45.3 Å². The van der Waals surface area contributed by atoms with E-state index in [0.29, 0.717) is 6.54 Å². The third-order valence-corrected chi connectivity index (χ3v) is 4.94. The molecule has 1 fully saturated rings. The predicted molar refractivity (Wildman–Crippen MR) is 104 cm³/mol. The van der Waals surface area contributed by atoms with Gasteiger partial charge in [0.25, 0.3) is 0 Å². The van der Waals surface area contributed by atoms with E-state index in [9.17, 15) is 5.11 Å². The molecule has 3 unspecified atom stereocenters. The smallest absolute Gasteiger partial charge is 0.191 e. The van der Waals surface area contributed by atoms with E-state index in [2.05, 4.69) is 41.7 Å². The fraction of sp³-hybridized carbons (Fsp3) is 0.500. The van der Waals surface area contributed by atoms with Gasteiger partial charge in [0.05, 0.1) is 17.8 Å². The van der Waals surface area contributed by atoms with Crippen LogP contribution in [0.25, 0.3) is 5.69 Å². The molecule has 6 nitrogen and oxygen atoms in total. The van der Waals surface area contributed by atoms with Gasteiger partial charge in [-0.05, 0) is 50.5 Å². The fourth-order valence-corrected chi connectivity index (χ4v) is 3.41. The fourth-order valence-electron chi connectivity index (χ4n) is 3.41. The van der Waals surface area contributed by atoms with Crippen LogP contribution in [0.2, 0.25) is 0 Å². The maximum Gasteiger partial charge on any atom is 0.191 e. The zero-order valence-electron chi connectivity index (χ0n) is 15.6. The highest BCUT2D eigenvalue weighted by molar-refractivity contribution is 5.80. The van der Waals surface area contributed by atoms with Gasteiger partial charge in [0, 0.05) is 31.4 Å². The first-order valence-corrected chi connectivity index (χ1v) is 9.50. The number of aromatic nitrogens is 2. The quantitative estimate of drug-likeness (QED) is 0.550. The number of aliphatic hydroxyl groups excluding tert-OH is 1. The van der Waals surface area contributed by atoms with E-state index >= 15 is 0 Å². The summed E-state index contributed by atoms with van der Waals surface area (Å²) in [5.41, 5.74) is 2.21. The van der Waals surface area contributed by atoms with Crippen molar-refractivity contribution in [2.75, 3.05) is 13.1 Å². The van der Waals surface area contributed by atoms with Crippen LogP contribution in [-0.2, 0) is 0 Å². The highest BCUT2D eigenvalue weighted by Crippen LogP contribution is 2.25. The number of benzene rings is 1. The number of hydrogen-bond acceptors (Lipinski definition) is 3. The molecule has 26 heavy (non-hydrogen) atoms. The molecule has 2 aromatic rings. The molecule has 1 aromatic carbocycles. The van der Waals surface area contributed by atoms with E-state index in [-0.39, 0.29) is 18.1 Å². The molecule has 3 rings (SSSR count). The molecule has 1 aliphatic rings. The number of hydrogen-bond donors (Lipinski definition) is 3. The Labute approximate surface area is 155 Å². The summed E-state index contributed by atoms with van der Waals surface area (Å²) in [6, 6.07) is 10.4. The Morgan fingerprint density at radius 1 is 1.38 bits per heavy atom. The summed E-state index contributed by atoms with van der Waals surface area (Å²) in [6.45, 7) is 5.65. The summed E-state index contributed by atoms with van der Waals surface area (Å²) in [6.07, 6.45) is 6.58. The largest absolute Gasteiger partial charge is 0.393 e. The molecule has 1 aliphatic carbocycles. The molecule has 140 valence electrons. The van der Waals surface area contributed by atoms with Crippen LogP contribution < -0.4 is 10.6 Å². The van der Waals surface area contributed by atoms with Gasteiger partial charge in [-0.15, -0.1) is 0 Å². The Kier molecular flexibility index (Phi) is 6.28. The lowest BCUT2D eigenvalue weighted by Crippen LogP contribution is -2.39. The highest BCUT2D eigenvalue weighted by Gasteiger charge is 2.24. The van der Waals surface area contributed by atoms with Gasteiger partial charge in [-0.2, -0.15) is 5.10 Å². The lowest BCUT2D eigenvalue weighted by molar-refractivity contribution is 0.136. The molecule has 0 aliphatic heterocycles. The SMILES string of the molecule is CCNC(=NCC1CCCC1O)NC(C)c1cccc(-n2cccn2)c1. The minimum atomic E-state index is -0.204. The number of guanidine groups is 1. The highest BCUT2D eigenvalue weighted by atomic mass is 16.3. The van der Waals surface area contributed by atoms with E-state index in [0.717, 1.165) is 37.5 Å². The molecule has 3 N–H and O–H groups in total. The van der Waals surface area contributed by atoms with Crippen LogP contribution in [0.5, 0.6) is 0 Å². The number of rotatable bonds is 6. The van der Waals surface area contributed by atoms with Gasteiger partial charge in [-0.3, -0.25) is 4.99 Å². The number of aliphatic imine (C=N–C) groups is 1. The second kappa shape index (κ2) is 8.85.